The van der Waals surface area contributed by atoms with Crippen LogP contribution in [0.25, 0.3) is 11.1 Å². The zero-order valence-electron chi connectivity index (χ0n) is 15.7. The van der Waals surface area contributed by atoms with Gasteiger partial charge in [0.15, 0.2) is 0 Å². The molecule has 0 amide bonds. The minimum absolute atomic E-state index is 0.300. The molecule has 0 spiro atoms. The van der Waals surface area contributed by atoms with Gasteiger partial charge in [0.1, 0.15) is 12.4 Å². The highest BCUT2D eigenvalue weighted by Gasteiger charge is 2.11. The number of rotatable bonds is 6. The SMILES string of the molecule is CNc1ccc(OCc2cc(C(=O)OC)cc(-c3cccc(C#N)c3)c2)cc1. The van der Waals surface area contributed by atoms with Crippen molar-refractivity contribution in [3.8, 4) is 22.9 Å². The number of benzene rings is 3. The summed E-state index contributed by atoms with van der Waals surface area (Å²) in [6.45, 7) is 0.300. The number of esters is 1. The van der Waals surface area contributed by atoms with Gasteiger partial charge in [-0.15, -0.1) is 0 Å². The minimum atomic E-state index is -0.419. The van der Waals surface area contributed by atoms with Gasteiger partial charge in [0, 0.05) is 12.7 Å². The largest absolute Gasteiger partial charge is 0.489 e. The van der Waals surface area contributed by atoms with Crippen LogP contribution in [0.4, 0.5) is 5.69 Å². The summed E-state index contributed by atoms with van der Waals surface area (Å²) in [5.74, 6) is 0.313. The molecule has 0 unspecified atom stereocenters. The molecule has 0 bridgehead atoms. The molecule has 3 aromatic carbocycles. The standard InChI is InChI=1S/C23H20N2O3/c1-25-21-6-8-22(9-7-21)28-15-17-11-19(13-20(12-17)23(26)27-2)18-5-3-4-16(10-18)14-24/h3-13,25H,15H2,1-2H3. The number of hydrogen-bond donors (Lipinski definition) is 1. The fourth-order valence-corrected chi connectivity index (χ4v) is 2.83. The molecule has 5 heteroatoms. The maximum Gasteiger partial charge on any atom is 0.337 e. The van der Waals surface area contributed by atoms with Gasteiger partial charge >= 0.3 is 5.97 Å². The Kier molecular flexibility index (Phi) is 5.93. The number of carbonyl (C=O) groups excluding carboxylic acids is 1. The van der Waals surface area contributed by atoms with Crippen LogP contribution in [-0.2, 0) is 11.3 Å². The van der Waals surface area contributed by atoms with E-state index in [0.29, 0.717) is 17.7 Å². The van der Waals surface area contributed by atoms with Gasteiger partial charge in [0.05, 0.1) is 24.3 Å². The summed E-state index contributed by atoms with van der Waals surface area (Å²) in [5.41, 5.74) is 4.50. The van der Waals surface area contributed by atoms with Gasteiger partial charge in [-0.3, -0.25) is 0 Å². The molecular weight excluding hydrogens is 352 g/mol. The van der Waals surface area contributed by atoms with E-state index in [-0.39, 0.29) is 0 Å². The van der Waals surface area contributed by atoms with Crippen LogP contribution in [0.1, 0.15) is 21.5 Å². The van der Waals surface area contributed by atoms with Gasteiger partial charge in [0.2, 0.25) is 0 Å². The summed E-state index contributed by atoms with van der Waals surface area (Å²) >= 11 is 0. The predicted octanol–water partition coefficient (Wildman–Crippen LogP) is 4.63. The number of nitrogens with one attached hydrogen (secondary N) is 1. The van der Waals surface area contributed by atoms with E-state index in [9.17, 15) is 4.79 Å². The monoisotopic (exact) mass is 372 g/mol. The van der Waals surface area contributed by atoms with E-state index in [1.54, 1.807) is 24.3 Å². The third kappa shape index (κ3) is 4.49. The fourth-order valence-electron chi connectivity index (χ4n) is 2.83. The average Bonchev–Trinajstić information content (AvgIpc) is 2.77. The maximum atomic E-state index is 12.1. The molecule has 0 saturated heterocycles. The van der Waals surface area contributed by atoms with Crippen LogP contribution in [0.15, 0.2) is 66.7 Å². The smallest absolute Gasteiger partial charge is 0.337 e. The van der Waals surface area contributed by atoms with Crippen molar-refractivity contribution < 1.29 is 14.3 Å². The van der Waals surface area contributed by atoms with Gasteiger partial charge in [-0.05, 0) is 71.3 Å². The Labute approximate surface area is 164 Å². The van der Waals surface area contributed by atoms with Crippen molar-refractivity contribution in [2.24, 2.45) is 0 Å². The van der Waals surface area contributed by atoms with E-state index >= 15 is 0 Å². The molecule has 0 radical (unpaired) electrons. The fraction of sp³-hybridized carbons (Fsp3) is 0.130. The van der Waals surface area contributed by atoms with Gasteiger partial charge in [-0.1, -0.05) is 12.1 Å². The molecule has 0 aliphatic carbocycles. The molecule has 0 aromatic heterocycles. The zero-order valence-corrected chi connectivity index (χ0v) is 15.7. The molecule has 0 saturated carbocycles. The van der Waals surface area contributed by atoms with Gasteiger partial charge < -0.3 is 14.8 Å². The number of carbonyl (C=O) groups is 1. The van der Waals surface area contributed by atoms with Gasteiger partial charge in [0.25, 0.3) is 0 Å². The van der Waals surface area contributed by atoms with Crippen molar-refractivity contribution in [1.82, 2.24) is 0 Å². The van der Waals surface area contributed by atoms with E-state index in [4.69, 9.17) is 14.7 Å². The Morgan fingerprint density at radius 3 is 2.50 bits per heavy atom. The van der Waals surface area contributed by atoms with Crippen LogP contribution in [-0.4, -0.2) is 20.1 Å². The topological polar surface area (TPSA) is 71.3 Å². The van der Waals surface area contributed by atoms with E-state index in [1.807, 2.05) is 49.5 Å². The Balaban J connectivity index is 1.90. The van der Waals surface area contributed by atoms with Crippen molar-refractivity contribution in [3.05, 3.63) is 83.4 Å². The summed E-state index contributed by atoms with van der Waals surface area (Å²) < 4.78 is 10.7. The normalized spacial score (nSPS) is 10.0. The Hall–Kier alpha value is -3.78. The molecule has 3 rings (SSSR count). The number of nitrogens with zero attached hydrogens (tertiary/aromatic N) is 1. The highest BCUT2D eigenvalue weighted by atomic mass is 16.5. The predicted molar refractivity (Wildman–Crippen MR) is 108 cm³/mol. The molecule has 28 heavy (non-hydrogen) atoms. The van der Waals surface area contributed by atoms with Crippen molar-refractivity contribution in [1.29, 1.82) is 5.26 Å². The van der Waals surface area contributed by atoms with Crippen LogP contribution in [0, 0.1) is 11.3 Å². The maximum absolute atomic E-state index is 12.1. The lowest BCUT2D eigenvalue weighted by Crippen LogP contribution is -2.04. The quantitative estimate of drug-likeness (QED) is 0.639. The molecule has 5 nitrogen and oxygen atoms in total. The summed E-state index contributed by atoms with van der Waals surface area (Å²) in [6, 6.07) is 22.5. The third-order valence-electron chi connectivity index (χ3n) is 4.29. The van der Waals surface area contributed by atoms with Crippen molar-refractivity contribution in [2.75, 3.05) is 19.5 Å². The molecule has 0 heterocycles. The first-order valence-corrected chi connectivity index (χ1v) is 8.76. The molecule has 0 fully saturated rings. The first kappa shape index (κ1) is 19.0. The lowest BCUT2D eigenvalue weighted by atomic mass is 9.98. The van der Waals surface area contributed by atoms with E-state index in [0.717, 1.165) is 28.1 Å². The summed E-state index contributed by atoms with van der Waals surface area (Å²) in [7, 11) is 3.21. The van der Waals surface area contributed by atoms with Crippen LogP contribution in [0.2, 0.25) is 0 Å². The Morgan fingerprint density at radius 1 is 1.04 bits per heavy atom. The molecule has 0 atom stereocenters. The van der Waals surface area contributed by atoms with E-state index in [1.165, 1.54) is 7.11 Å². The molecular formula is C23H20N2O3. The van der Waals surface area contributed by atoms with Crippen LogP contribution >= 0.6 is 0 Å². The Morgan fingerprint density at radius 2 is 1.82 bits per heavy atom. The second-order valence-corrected chi connectivity index (χ2v) is 6.17. The molecule has 0 aliphatic heterocycles. The number of hydrogen-bond acceptors (Lipinski definition) is 5. The zero-order chi connectivity index (χ0) is 19.9. The summed E-state index contributed by atoms with van der Waals surface area (Å²) in [5, 5.41) is 12.2. The van der Waals surface area contributed by atoms with E-state index < -0.39 is 5.97 Å². The lowest BCUT2D eigenvalue weighted by molar-refractivity contribution is 0.0600. The van der Waals surface area contributed by atoms with Gasteiger partial charge in [-0.25, -0.2) is 4.79 Å². The molecule has 0 aliphatic rings. The first-order chi connectivity index (χ1) is 13.6. The second kappa shape index (κ2) is 8.74. The Bertz CT molecular complexity index is 1020. The van der Waals surface area contributed by atoms with Crippen LogP contribution in [0.3, 0.4) is 0 Å². The van der Waals surface area contributed by atoms with Crippen molar-refractivity contribution in [2.45, 2.75) is 6.61 Å². The molecule has 3 aromatic rings. The van der Waals surface area contributed by atoms with Gasteiger partial charge in [-0.2, -0.15) is 5.26 Å². The lowest BCUT2D eigenvalue weighted by Gasteiger charge is -2.11. The number of nitriles is 1. The van der Waals surface area contributed by atoms with Crippen molar-refractivity contribution in [3.63, 3.8) is 0 Å². The van der Waals surface area contributed by atoms with Crippen molar-refractivity contribution >= 4 is 11.7 Å². The molecule has 140 valence electrons. The third-order valence-corrected chi connectivity index (χ3v) is 4.29. The minimum Gasteiger partial charge on any atom is -0.489 e. The second-order valence-electron chi connectivity index (χ2n) is 6.17. The van der Waals surface area contributed by atoms with Crippen LogP contribution < -0.4 is 10.1 Å². The summed E-state index contributed by atoms with van der Waals surface area (Å²) in [6.07, 6.45) is 0. The average molecular weight is 372 g/mol. The summed E-state index contributed by atoms with van der Waals surface area (Å²) in [4.78, 5) is 12.1. The highest BCUT2D eigenvalue weighted by molar-refractivity contribution is 5.91. The highest BCUT2D eigenvalue weighted by Crippen LogP contribution is 2.25. The molecule has 1 N–H and O–H groups in total. The number of anilines is 1. The first-order valence-electron chi connectivity index (χ1n) is 8.76. The number of methoxy groups -OCH3 is 1. The van der Waals surface area contributed by atoms with Crippen LogP contribution in [0.5, 0.6) is 5.75 Å². The van der Waals surface area contributed by atoms with E-state index in [2.05, 4.69) is 11.4 Å². The number of ether oxygens (including phenoxy) is 2.